The van der Waals surface area contributed by atoms with E-state index in [9.17, 15) is 22.8 Å². The molecule has 0 aliphatic rings. The number of halogens is 3. The van der Waals surface area contributed by atoms with Gasteiger partial charge in [0.1, 0.15) is 11.7 Å². The van der Waals surface area contributed by atoms with E-state index in [2.05, 4.69) is 4.98 Å². The first kappa shape index (κ1) is 18.9. The normalized spacial score (nSPS) is 12.6. The van der Waals surface area contributed by atoms with Gasteiger partial charge in [-0.3, -0.25) is 4.79 Å². The number of aryl methyl sites for hydroxylation is 1. The third kappa shape index (κ3) is 5.86. The first-order valence-electron chi connectivity index (χ1n) is 7.24. The summed E-state index contributed by atoms with van der Waals surface area (Å²) < 4.78 is 37.1. The Hall–Kier alpha value is -2.42. The highest BCUT2D eigenvalue weighted by atomic mass is 32.1. The van der Waals surface area contributed by atoms with Crippen LogP contribution in [0.25, 0.3) is 0 Å². The van der Waals surface area contributed by atoms with E-state index in [4.69, 9.17) is 5.11 Å². The molecule has 0 radical (unpaired) electrons. The Morgan fingerprint density at radius 3 is 2.48 bits per heavy atom. The van der Waals surface area contributed by atoms with Crippen molar-refractivity contribution in [2.75, 3.05) is 0 Å². The Kier molecular flexibility index (Phi) is 5.78. The van der Waals surface area contributed by atoms with Crippen LogP contribution in [-0.2, 0) is 11.2 Å². The minimum Gasteiger partial charge on any atom is -0.480 e. The summed E-state index contributed by atoms with van der Waals surface area (Å²) in [6.07, 6.45) is -5.87. The number of benzene rings is 1. The number of thiazole rings is 1. The number of carbonyl (C=O) groups excluding carboxylic acids is 1. The maximum atomic E-state index is 12.4. The quantitative estimate of drug-likeness (QED) is 0.816. The summed E-state index contributed by atoms with van der Waals surface area (Å²) in [6, 6.07) is 5.66. The van der Waals surface area contributed by atoms with E-state index < -0.39 is 30.5 Å². The van der Waals surface area contributed by atoms with Gasteiger partial charge in [-0.05, 0) is 12.5 Å². The fourth-order valence-corrected chi connectivity index (χ4v) is 2.85. The molecule has 2 N–H and O–H groups in total. The Bertz CT molecular complexity index is 757. The number of hydrogen-bond donors (Lipinski definition) is 2. The van der Waals surface area contributed by atoms with Crippen LogP contribution < -0.4 is 5.32 Å². The number of aliphatic carboxylic acids is 1. The monoisotopic (exact) mass is 372 g/mol. The van der Waals surface area contributed by atoms with Crippen LogP contribution in [0.15, 0.2) is 29.6 Å². The zero-order chi connectivity index (χ0) is 18.6. The molecule has 5 nitrogen and oxygen atoms in total. The van der Waals surface area contributed by atoms with E-state index in [0.717, 1.165) is 11.1 Å². The molecule has 0 bridgehead atoms. The predicted octanol–water partition coefficient (Wildman–Crippen LogP) is 3.18. The molecule has 1 heterocycles. The van der Waals surface area contributed by atoms with Crippen molar-refractivity contribution in [1.29, 1.82) is 0 Å². The lowest BCUT2D eigenvalue weighted by molar-refractivity contribution is -0.157. The molecule has 0 aliphatic carbocycles. The lowest BCUT2D eigenvalue weighted by atomic mass is 10.1. The average molecular weight is 372 g/mol. The zero-order valence-electron chi connectivity index (χ0n) is 13.1. The van der Waals surface area contributed by atoms with Crippen LogP contribution in [0.1, 0.15) is 33.0 Å². The lowest BCUT2D eigenvalue weighted by Crippen LogP contribution is -2.43. The molecule has 1 amide bonds. The molecule has 1 unspecified atom stereocenters. The molecule has 9 heteroatoms. The maximum absolute atomic E-state index is 12.4. The molecule has 0 spiro atoms. The third-order valence-corrected chi connectivity index (χ3v) is 4.15. The van der Waals surface area contributed by atoms with E-state index in [0.29, 0.717) is 11.4 Å². The van der Waals surface area contributed by atoms with Crippen LogP contribution in [0.5, 0.6) is 0 Å². The Morgan fingerprint density at radius 1 is 1.28 bits per heavy atom. The molecule has 0 fully saturated rings. The van der Waals surface area contributed by atoms with Crippen LogP contribution in [0.2, 0.25) is 0 Å². The summed E-state index contributed by atoms with van der Waals surface area (Å²) in [4.78, 5) is 26.9. The van der Waals surface area contributed by atoms with Crippen LogP contribution >= 0.6 is 11.3 Å². The van der Waals surface area contributed by atoms with Crippen LogP contribution in [0, 0.1) is 6.92 Å². The summed E-state index contributed by atoms with van der Waals surface area (Å²) in [5.41, 5.74) is 1.99. The summed E-state index contributed by atoms with van der Waals surface area (Å²) >= 11 is 1.18. The predicted molar refractivity (Wildman–Crippen MR) is 85.7 cm³/mol. The van der Waals surface area contributed by atoms with Crippen molar-refractivity contribution < 1.29 is 27.9 Å². The zero-order valence-corrected chi connectivity index (χ0v) is 13.9. The fourth-order valence-electron chi connectivity index (χ4n) is 2.04. The van der Waals surface area contributed by atoms with Crippen LogP contribution in [0.3, 0.4) is 0 Å². The van der Waals surface area contributed by atoms with Gasteiger partial charge in [-0.1, -0.05) is 29.8 Å². The summed E-state index contributed by atoms with van der Waals surface area (Å²) in [7, 11) is 0. The lowest BCUT2D eigenvalue weighted by Gasteiger charge is -2.15. The SMILES string of the molecule is Cc1ccc(Cc2nc(C(=O)NC(CC(F)(F)F)C(=O)O)cs2)cc1. The van der Waals surface area contributed by atoms with E-state index in [1.54, 1.807) is 0 Å². The van der Waals surface area contributed by atoms with Crippen molar-refractivity contribution in [3.8, 4) is 0 Å². The molecule has 134 valence electrons. The highest BCUT2D eigenvalue weighted by Gasteiger charge is 2.36. The van der Waals surface area contributed by atoms with Gasteiger partial charge in [0.2, 0.25) is 0 Å². The number of rotatable bonds is 6. The standard InChI is InChI=1S/C16H15F3N2O3S/c1-9-2-4-10(5-3-9)6-13-20-12(8-25-13)14(22)21-11(15(23)24)7-16(17,18)19/h2-5,8,11H,6-7H2,1H3,(H,21,22)(H,23,24). The van der Waals surface area contributed by atoms with Gasteiger partial charge in [0.15, 0.2) is 0 Å². The topological polar surface area (TPSA) is 79.3 Å². The van der Waals surface area contributed by atoms with Crippen molar-refractivity contribution in [1.82, 2.24) is 10.3 Å². The van der Waals surface area contributed by atoms with Crippen molar-refractivity contribution in [3.05, 3.63) is 51.5 Å². The minimum absolute atomic E-state index is 0.0967. The van der Waals surface area contributed by atoms with E-state index in [1.165, 1.54) is 16.7 Å². The number of amides is 1. The number of nitrogens with one attached hydrogen (secondary N) is 1. The minimum atomic E-state index is -4.70. The number of alkyl halides is 3. The van der Waals surface area contributed by atoms with Gasteiger partial charge in [0.05, 0.1) is 11.4 Å². The van der Waals surface area contributed by atoms with Gasteiger partial charge in [-0.15, -0.1) is 11.3 Å². The van der Waals surface area contributed by atoms with Crippen molar-refractivity contribution in [2.45, 2.75) is 32.0 Å². The average Bonchev–Trinajstić information content (AvgIpc) is 2.96. The fraction of sp³-hybridized carbons (Fsp3) is 0.312. The first-order chi connectivity index (χ1) is 11.6. The second-order valence-electron chi connectivity index (χ2n) is 5.47. The van der Waals surface area contributed by atoms with Gasteiger partial charge in [0.25, 0.3) is 5.91 Å². The molecule has 0 saturated carbocycles. The smallest absolute Gasteiger partial charge is 0.391 e. The Morgan fingerprint density at radius 2 is 1.92 bits per heavy atom. The summed E-state index contributed by atoms with van der Waals surface area (Å²) in [6.45, 7) is 1.95. The second-order valence-corrected chi connectivity index (χ2v) is 6.42. The maximum Gasteiger partial charge on any atom is 0.391 e. The van der Waals surface area contributed by atoms with Gasteiger partial charge < -0.3 is 10.4 Å². The molecule has 1 aromatic heterocycles. The van der Waals surface area contributed by atoms with E-state index in [1.807, 2.05) is 36.5 Å². The highest BCUT2D eigenvalue weighted by Crippen LogP contribution is 2.22. The summed E-state index contributed by atoms with van der Waals surface area (Å²) in [5, 5.41) is 12.7. The van der Waals surface area contributed by atoms with E-state index in [-0.39, 0.29) is 5.69 Å². The second kappa shape index (κ2) is 7.64. The molecule has 2 rings (SSSR count). The molecular weight excluding hydrogens is 357 g/mol. The first-order valence-corrected chi connectivity index (χ1v) is 8.12. The molecular formula is C16H15F3N2O3S. The number of carboxylic acids is 1. The molecule has 2 aromatic rings. The van der Waals surface area contributed by atoms with Gasteiger partial charge in [-0.25, -0.2) is 9.78 Å². The third-order valence-electron chi connectivity index (χ3n) is 3.30. The highest BCUT2D eigenvalue weighted by molar-refractivity contribution is 7.09. The van der Waals surface area contributed by atoms with Crippen LogP contribution in [-0.4, -0.2) is 34.2 Å². The molecule has 0 aliphatic heterocycles. The van der Waals surface area contributed by atoms with Crippen molar-refractivity contribution in [3.63, 3.8) is 0 Å². The number of carbonyl (C=O) groups is 2. The largest absolute Gasteiger partial charge is 0.480 e. The van der Waals surface area contributed by atoms with Gasteiger partial charge >= 0.3 is 12.1 Å². The molecule has 1 atom stereocenters. The number of carboxylic acid groups (broad SMARTS) is 1. The Labute approximate surface area is 145 Å². The number of hydrogen-bond acceptors (Lipinski definition) is 4. The molecule has 0 saturated heterocycles. The van der Waals surface area contributed by atoms with E-state index >= 15 is 0 Å². The van der Waals surface area contributed by atoms with Gasteiger partial charge in [0, 0.05) is 11.8 Å². The van der Waals surface area contributed by atoms with Crippen molar-refractivity contribution in [2.24, 2.45) is 0 Å². The summed E-state index contributed by atoms with van der Waals surface area (Å²) in [5.74, 6) is -2.69. The molecule has 25 heavy (non-hydrogen) atoms. The van der Waals surface area contributed by atoms with Crippen LogP contribution in [0.4, 0.5) is 13.2 Å². The van der Waals surface area contributed by atoms with Crippen molar-refractivity contribution >= 4 is 23.2 Å². The number of aromatic nitrogens is 1. The number of nitrogens with zero attached hydrogens (tertiary/aromatic N) is 1. The van der Waals surface area contributed by atoms with Gasteiger partial charge in [-0.2, -0.15) is 13.2 Å². The Balaban J connectivity index is 2.03. The molecule has 1 aromatic carbocycles.